The summed E-state index contributed by atoms with van der Waals surface area (Å²) in [7, 11) is 0. The Labute approximate surface area is 106 Å². The van der Waals surface area contributed by atoms with Crippen LogP contribution in [-0.4, -0.2) is 25.7 Å². The van der Waals surface area contributed by atoms with Crippen LogP contribution in [0.3, 0.4) is 0 Å². The molecule has 0 unspecified atom stereocenters. The Kier molecular flexibility index (Phi) is 6.30. The minimum absolute atomic E-state index is 0.00882. The molecule has 1 aromatic carbocycles. The molecule has 18 heavy (non-hydrogen) atoms. The van der Waals surface area contributed by atoms with Gasteiger partial charge in [-0.1, -0.05) is 18.2 Å². The zero-order valence-corrected chi connectivity index (χ0v) is 10.3. The lowest BCUT2D eigenvalue weighted by molar-refractivity contribution is -0.142. The number of carbonyl (C=O) groups is 1. The van der Waals surface area contributed by atoms with Gasteiger partial charge in [0.2, 0.25) is 0 Å². The van der Waals surface area contributed by atoms with Crippen LogP contribution in [0.1, 0.15) is 12.5 Å². The summed E-state index contributed by atoms with van der Waals surface area (Å²) in [6.07, 6.45) is 0. The van der Waals surface area contributed by atoms with Gasteiger partial charge in [0.25, 0.3) is 0 Å². The summed E-state index contributed by atoms with van der Waals surface area (Å²) in [4.78, 5) is 11.1. The molecule has 0 fully saturated rings. The van der Waals surface area contributed by atoms with Crippen LogP contribution in [0, 0.1) is 11.3 Å². The maximum atomic E-state index is 11.1. The van der Waals surface area contributed by atoms with Gasteiger partial charge in [-0.15, -0.1) is 0 Å². The molecular weight excluding hydrogens is 232 g/mol. The fourth-order valence-electron chi connectivity index (χ4n) is 1.41. The average molecular weight is 248 g/mol. The summed E-state index contributed by atoms with van der Waals surface area (Å²) >= 11 is 0. The molecule has 96 valence electrons. The number of rotatable bonds is 7. The number of nitrogens with one attached hydrogen (secondary N) is 1. The van der Waals surface area contributed by atoms with E-state index in [1.807, 2.05) is 24.3 Å². The highest BCUT2D eigenvalue weighted by molar-refractivity contribution is 5.71. The van der Waals surface area contributed by atoms with Gasteiger partial charge in [-0.3, -0.25) is 4.79 Å². The number of carbonyl (C=O) groups excluding carboxylic acids is 1. The predicted molar refractivity (Wildman–Crippen MR) is 65.9 cm³/mol. The van der Waals surface area contributed by atoms with Crippen LogP contribution in [0.15, 0.2) is 24.3 Å². The highest BCUT2D eigenvalue weighted by Gasteiger charge is 2.04. The maximum absolute atomic E-state index is 11.1. The van der Waals surface area contributed by atoms with E-state index in [4.69, 9.17) is 14.7 Å². The first kappa shape index (κ1) is 14.0. The zero-order valence-electron chi connectivity index (χ0n) is 10.3. The normalized spacial score (nSPS) is 9.56. The second kappa shape index (κ2) is 8.09. The zero-order chi connectivity index (χ0) is 13.2. The van der Waals surface area contributed by atoms with E-state index in [-0.39, 0.29) is 19.1 Å². The number of para-hydroxylation sites is 1. The molecule has 0 radical (unpaired) electrons. The smallest absolute Gasteiger partial charge is 0.319 e. The van der Waals surface area contributed by atoms with Crippen molar-refractivity contribution in [2.75, 3.05) is 19.8 Å². The minimum atomic E-state index is -0.284. The van der Waals surface area contributed by atoms with Crippen LogP contribution in [-0.2, 0) is 16.1 Å². The van der Waals surface area contributed by atoms with Crippen molar-refractivity contribution in [1.29, 1.82) is 5.26 Å². The monoisotopic (exact) mass is 248 g/mol. The third kappa shape index (κ3) is 4.85. The number of benzene rings is 1. The van der Waals surface area contributed by atoms with E-state index in [1.165, 1.54) is 0 Å². The number of ether oxygens (including phenoxy) is 2. The summed E-state index contributed by atoms with van der Waals surface area (Å²) in [5.74, 6) is 0.364. The van der Waals surface area contributed by atoms with E-state index in [0.29, 0.717) is 18.9 Å². The summed E-state index contributed by atoms with van der Waals surface area (Å²) in [5.41, 5.74) is 0.900. The molecule has 0 spiro atoms. The first-order valence-electron chi connectivity index (χ1n) is 5.72. The molecule has 1 rings (SSSR count). The Morgan fingerprint density at radius 1 is 1.44 bits per heavy atom. The highest BCUT2D eigenvalue weighted by Crippen LogP contribution is 2.17. The van der Waals surface area contributed by atoms with Crippen LogP contribution in [0.25, 0.3) is 0 Å². The molecule has 5 heteroatoms. The van der Waals surface area contributed by atoms with Gasteiger partial charge in [-0.25, -0.2) is 0 Å². The van der Waals surface area contributed by atoms with Crippen molar-refractivity contribution in [3.05, 3.63) is 29.8 Å². The summed E-state index contributed by atoms with van der Waals surface area (Å²) in [5, 5.41) is 11.4. The second-order valence-corrected chi connectivity index (χ2v) is 3.46. The molecule has 0 atom stereocenters. The Balaban J connectivity index is 2.46. The van der Waals surface area contributed by atoms with Crippen molar-refractivity contribution >= 4 is 5.97 Å². The first-order valence-corrected chi connectivity index (χ1v) is 5.72. The number of hydrogen-bond donors (Lipinski definition) is 1. The summed E-state index contributed by atoms with van der Waals surface area (Å²) < 4.78 is 10.1. The lowest BCUT2D eigenvalue weighted by atomic mass is 10.2. The fraction of sp³-hybridized carbons (Fsp3) is 0.385. The molecule has 0 heterocycles. The van der Waals surface area contributed by atoms with Crippen LogP contribution >= 0.6 is 0 Å². The largest absolute Gasteiger partial charge is 0.478 e. The molecule has 0 aromatic heterocycles. The first-order chi connectivity index (χ1) is 8.77. The summed E-state index contributed by atoms with van der Waals surface area (Å²) in [6.45, 7) is 2.79. The standard InChI is InChI=1S/C13H16N2O3/c1-2-17-13(16)10-15-9-11-5-3-4-6-12(11)18-8-7-14/h3-6,15H,2,8-10H2,1H3. The van der Waals surface area contributed by atoms with Gasteiger partial charge >= 0.3 is 5.97 Å². The van der Waals surface area contributed by atoms with E-state index < -0.39 is 0 Å². The molecule has 0 saturated carbocycles. The highest BCUT2D eigenvalue weighted by atomic mass is 16.5. The van der Waals surface area contributed by atoms with Crippen molar-refractivity contribution in [3.8, 4) is 11.8 Å². The van der Waals surface area contributed by atoms with Crippen molar-refractivity contribution in [2.24, 2.45) is 0 Å². The van der Waals surface area contributed by atoms with Crippen molar-refractivity contribution < 1.29 is 14.3 Å². The lowest BCUT2D eigenvalue weighted by Crippen LogP contribution is -2.24. The van der Waals surface area contributed by atoms with Crippen molar-refractivity contribution in [2.45, 2.75) is 13.5 Å². The van der Waals surface area contributed by atoms with Gasteiger partial charge in [0.1, 0.15) is 11.8 Å². The van der Waals surface area contributed by atoms with Gasteiger partial charge in [0, 0.05) is 12.1 Å². The molecule has 0 aliphatic carbocycles. The molecule has 0 amide bonds. The van der Waals surface area contributed by atoms with E-state index in [9.17, 15) is 4.79 Å². The van der Waals surface area contributed by atoms with Crippen LogP contribution in [0.4, 0.5) is 0 Å². The summed E-state index contributed by atoms with van der Waals surface area (Å²) in [6, 6.07) is 9.30. The van der Waals surface area contributed by atoms with Crippen molar-refractivity contribution in [3.63, 3.8) is 0 Å². The topological polar surface area (TPSA) is 71.3 Å². The SMILES string of the molecule is CCOC(=O)CNCc1ccccc1OCC#N. The fourth-order valence-corrected chi connectivity index (χ4v) is 1.41. The molecule has 0 aliphatic rings. The minimum Gasteiger partial charge on any atom is -0.478 e. The second-order valence-electron chi connectivity index (χ2n) is 3.46. The van der Waals surface area contributed by atoms with Gasteiger partial charge in [-0.2, -0.15) is 5.26 Å². The lowest BCUT2D eigenvalue weighted by Gasteiger charge is -2.09. The van der Waals surface area contributed by atoms with Crippen LogP contribution in [0.5, 0.6) is 5.75 Å². The third-order valence-electron chi connectivity index (χ3n) is 2.15. The Morgan fingerprint density at radius 2 is 2.22 bits per heavy atom. The number of nitriles is 1. The number of esters is 1. The van der Waals surface area contributed by atoms with Gasteiger partial charge in [-0.05, 0) is 13.0 Å². The van der Waals surface area contributed by atoms with Gasteiger partial charge in [0.05, 0.1) is 13.2 Å². The molecule has 0 bridgehead atoms. The molecule has 1 aromatic rings. The van der Waals surface area contributed by atoms with E-state index in [1.54, 1.807) is 13.0 Å². The molecule has 0 saturated heterocycles. The van der Waals surface area contributed by atoms with Crippen LogP contribution < -0.4 is 10.1 Å². The third-order valence-corrected chi connectivity index (χ3v) is 2.15. The number of nitrogens with zero attached hydrogens (tertiary/aromatic N) is 1. The Hall–Kier alpha value is -2.06. The van der Waals surface area contributed by atoms with E-state index in [0.717, 1.165) is 5.56 Å². The van der Waals surface area contributed by atoms with Crippen LogP contribution in [0.2, 0.25) is 0 Å². The quantitative estimate of drug-likeness (QED) is 0.735. The van der Waals surface area contributed by atoms with Crippen molar-refractivity contribution in [1.82, 2.24) is 5.32 Å². The van der Waals surface area contributed by atoms with E-state index >= 15 is 0 Å². The predicted octanol–water partition coefficient (Wildman–Crippen LogP) is 1.24. The molecule has 0 aliphatic heterocycles. The Morgan fingerprint density at radius 3 is 2.94 bits per heavy atom. The molecule has 5 nitrogen and oxygen atoms in total. The van der Waals surface area contributed by atoms with Gasteiger partial charge < -0.3 is 14.8 Å². The molecule has 1 N–H and O–H groups in total. The maximum Gasteiger partial charge on any atom is 0.319 e. The molecular formula is C13H16N2O3. The average Bonchev–Trinajstić information content (AvgIpc) is 2.38. The Bertz CT molecular complexity index is 426. The van der Waals surface area contributed by atoms with E-state index in [2.05, 4.69) is 5.32 Å². The number of hydrogen-bond acceptors (Lipinski definition) is 5. The van der Waals surface area contributed by atoms with Gasteiger partial charge in [0.15, 0.2) is 6.61 Å².